The second-order valence-corrected chi connectivity index (χ2v) is 7.23. The van der Waals surface area contributed by atoms with Crippen molar-refractivity contribution in [2.45, 2.75) is 26.6 Å². The molecule has 0 unspecified atom stereocenters. The van der Waals surface area contributed by atoms with Gasteiger partial charge in [-0.25, -0.2) is 4.79 Å². The normalized spacial score (nSPS) is 11.0. The van der Waals surface area contributed by atoms with E-state index in [1.54, 1.807) is 30.3 Å². The summed E-state index contributed by atoms with van der Waals surface area (Å²) in [6, 6.07) is 22.3. The fraction of sp³-hybridized carbons (Fsp3) is 0.160. The Hall–Kier alpha value is -3.73. The molecule has 1 N–H and O–H groups in total. The largest absolute Gasteiger partial charge is 0.491 e. The molecule has 0 radical (unpaired) electrons. The zero-order chi connectivity index (χ0) is 21.1. The summed E-state index contributed by atoms with van der Waals surface area (Å²) in [5.74, 6) is 0.573. The number of fused-ring (bicyclic) bond motifs is 1. The number of carbonyl (C=O) groups is 1. The Balaban J connectivity index is 1.63. The van der Waals surface area contributed by atoms with Crippen molar-refractivity contribution >= 4 is 16.9 Å². The van der Waals surface area contributed by atoms with Gasteiger partial charge in [0.15, 0.2) is 0 Å². The van der Waals surface area contributed by atoms with Crippen LogP contribution in [0.25, 0.3) is 22.3 Å². The van der Waals surface area contributed by atoms with Gasteiger partial charge in [-0.2, -0.15) is 0 Å². The first-order chi connectivity index (χ1) is 14.5. The van der Waals surface area contributed by atoms with Crippen LogP contribution in [0.2, 0.25) is 0 Å². The van der Waals surface area contributed by atoms with Crippen molar-refractivity contribution in [3.63, 3.8) is 0 Å². The third-order valence-electron chi connectivity index (χ3n) is 4.61. The van der Waals surface area contributed by atoms with Crippen molar-refractivity contribution in [3.05, 3.63) is 83.9 Å². The molecule has 4 rings (SSSR count). The molecule has 3 aromatic carbocycles. The van der Waals surface area contributed by atoms with E-state index >= 15 is 0 Å². The van der Waals surface area contributed by atoms with Gasteiger partial charge in [0.1, 0.15) is 35.0 Å². The Morgan fingerprint density at radius 3 is 2.33 bits per heavy atom. The minimum atomic E-state index is -1.05. The monoisotopic (exact) mass is 402 g/mol. The lowest BCUT2D eigenvalue weighted by Crippen LogP contribution is -2.05. The Bertz CT molecular complexity index is 1160. The van der Waals surface area contributed by atoms with Gasteiger partial charge in [-0.3, -0.25) is 0 Å². The molecule has 4 aromatic rings. The molecule has 0 atom stereocenters. The van der Waals surface area contributed by atoms with Crippen LogP contribution >= 0.6 is 0 Å². The smallest absolute Gasteiger partial charge is 0.340 e. The van der Waals surface area contributed by atoms with E-state index in [2.05, 4.69) is 0 Å². The molecule has 0 fully saturated rings. The molecule has 1 heterocycles. The topological polar surface area (TPSA) is 68.9 Å². The van der Waals surface area contributed by atoms with Crippen LogP contribution in [0.4, 0.5) is 0 Å². The molecule has 5 heteroatoms. The predicted octanol–water partition coefficient (Wildman–Crippen LogP) is 6.16. The maximum atomic E-state index is 12.0. The van der Waals surface area contributed by atoms with Crippen molar-refractivity contribution in [2.24, 2.45) is 0 Å². The van der Waals surface area contributed by atoms with Crippen molar-refractivity contribution in [1.29, 1.82) is 0 Å². The highest BCUT2D eigenvalue weighted by atomic mass is 16.5. The van der Waals surface area contributed by atoms with Gasteiger partial charge < -0.3 is 19.0 Å². The molecule has 5 nitrogen and oxygen atoms in total. The maximum Gasteiger partial charge on any atom is 0.340 e. The molecule has 0 aliphatic carbocycles. The molecule has 152 valence electrons. The second-order valence-electron chi connectivity index (χ2n) is 7.23. The van der Waals surface area contributed by atoms with Gasteiger partial charge in [0.2, 0.25) is 0 Å². The first kappa shape index (κ1) is 19.6. The number of benzene rings is 3. The lowest BCUT2D eigenvalue weighted by molar-refractivity contribution is 0.0699. The summed E-state index contributed by atoms with van der Waals surface area (Å²) >= 11 is 0. The molecule has 0 amide bonds. The lowest BCUT2D eigenvalue weighted by Gasteiger charge is -2.09. The van der Waals surface area contributed by atoms with E-state index in [1.165, 1.54) is 0 Å². The fourth-order valence-corrected chi connectivity index (χ4v) is 3.28. The number of hydrogen-bond acceptors (Lipinski definition) is 4. The van der Waals surface area contributed by atoms with Crippen molar-refractivity contribution < 1.29 is 23.8 Å². The molecule has 0 bridgehead atoms. The van der Waals surface area contributed by atoms with Gasteiger partial charge in [0.25, 0.3) is 0 Å². The highest BCUT2D eigenvalue weighted by molar-refractivity contribution is 6.08. The fourth-order valence-electron chi connectivity index (χ4n) is 3.28. The van der Waals surface area contributed by atoms with Crippen LogP contribution < -0.4 is 9.47 Å². The number of furan rings is 1. The molecule has 30 heavy (non-hydrogen) atoms. The average Bonchev–Trinajstić information content (AvgIpc) is 3.12. The molecule has 0 spiro atoms. The Labute approximate surface area is 174 Å². The van der Waals surface area contributed by atoms with Crippen molar-refractivity contribution in [2.75, 3.05) is 0 Å². The summed E-state index contributed by atoms with van der Waals surface area (Å²) < 4.78 is 17.4. The van der Waals surface area contributed by atoms with Gasteiger partial charge in [-0.15, -0.1) is 0 Å². The first-order valence-electron chi connectivity index (χ1n) is 9.75. The molecular weight excluding hydrogens is 380 g/mol. The summed E-state index contributed by atoms with van der Waals surface area (Å²) in [4.78, 5) is 12.0. The number of aromatic carboxylic acids is 1. The lowest BCUT2D eigenvalue weighted by atomic mass is 10.1. The highest BCUT2D eigenvalue weighted by Gasteiger charge is 2.22. The van der Waals surface area contributed by atoms with Crippen LogP contribution in [0.1, 0.15) is 29.8 Å². The summed E-state index contributed by atoms with van der Waals surface area (Å²) in [5, 5.41) is 10.3. The highest BCUT2D eigenvalue weighted by Crippen LogP contribution is 2.36. The quantitative estimate of drug-likeness (QED) is 0.401. The number of carboxylic acid groups (broad SMARTS) is 1. The third kappa shape index (κ3) is 4.15. The predicted molar refractivity (Wildman–Crippen MR) is 115 cm³/mol. The Morgan fingerprint density at radius 2 is 1.67 bits per heavy atom. The van der Waals surface area contributed by atoms with E-state index in [0.717, 1.165) is 5.56 Å². The maximum absolute atomic E-state index is 12.0. The zero-order valence-corrected chi connectivity index (χ0v) is 16.8. The standard InChI is InChI=1S/C25H22O5/c1-16(2)29-20-12-13-22-21(14-20)23(25(26)27)24(30-22)18-8-10-19(11-9-18)28-15-17-6-4-3-5-7-17/h3-14,16H,15H2,1-2H3,(H,26,27). The summed E-state index contributed by atoms with van der Waals surface area (Å²) in [6.45, 7) is 4.30. The van der Waals surface area contributed by atoms with E-state index in [-0.39, 0.29) is 11.7 Å². The second kappa shape index (κ2) is 8.33. The van der Waals surface area contributed by atoms with Crippen molar-refractivity contribution in [3.8, 4) is 22.8 Å². The molecular formula is C25H22O5. The number of hydrogen-bond donors (Lipinski definition) is 1. The van der Waals surface area contributed by atoms with Crippen LogP contribution in [0.15, 0.2) is 77.2 Å². The molecule has 0 aliphatic rings. The SMILES string of the molecule is CC(C)Oc1ccc2oc(-c3ccc(OCc4ccccc4)cc3)c(C(=O)O)c2c1. The van der Waals surface area contributed by atoms with Crippen molar-refractivity contribution in [1.82, 2.24) is 0 Å². The van der Waals surface area contributed by atoms with Crippen LogP contribution in [0, 0.1) is 0 Å². The van der Waals surface area contributed by atoms with Crippen LogP contribution in [0.5, 0.6) is 11.5 Å². The van der Waals surface area contributed by atoms with Gasteiger partial charge >= 0.3 is 5.97 Å². The first-order valence-corrected chi connectivity index (χ1v) is 9.75. The number of rotatable bonds is 7. The van der Waals surface area contributed by atoms with Gasteiger partial charge in [0, 0.05) is 10.9 Å². The Kier molecular flexibility index (Phi) is 5.44. The van der Waals surface area contributed by atoms with Gasteiger partial charge in [-0.1, -0.05) is 30.3 Å². The van der Waals surface area contributed by atoms with Crippen LogP contribution in [0.3, 0.4) is 0 Å². The molecule has 0 saturated heterocycles. The van der Waals surface area contributed by atoms with E-state index in [4.69, 9.17) is 13.9 Å². The van der Waals surface area contributed by atoms with Crippen LogP contribution in [-0.4, -0.2) is 17.2 Å². The molecule has 0 aliphatic heterocycles. The Morgan fingerprint density at radius 1 is 0.967 bits per heavy atom. The minimum Gasteiger partial charge on any atom is -0.491 e. The van der Waals surface area contributed by atoms with Crippen LogP contribution in [-0.2, 0) is 6.61 Å². The van der Waals surface area contributed by atoms with E-state index < -0.39 is 5.97 Å². The van der Waals surface area contributed by atoms with Gasteiger partial charge in [0.05, 0.1) is 6.10 Å². The van der Waals surface area contributed by atoms with E-state index in [9.17, 15) is 9.90 Å². The third-order valence-corrected chi connectivity index (χ3v) is 4.61. The summed E-state index contributed by atoms with van der Waals surface area (Å²) in [5.41, 5.74) is 2.37. The van der Waals surface area contributed by atoms with Gasteiger partial charge in [-0.05, 0) is 61.9 Å². The van der Waals surface area contributed by atoms with E-state index in [1.807, 2.05) is 56.3 Å². The average molecular weight is 402 g/mol. The summed E-state index contributed by atoms with van der Waals surface area (Å²) in [7, 11) is 0. The van der Waals surface area contributed by atoms with E-state index in [0.29, 0.717) is 40.4 Å². The summed E-state index contributed by atoms with van der Waals surface area (Å²) in [6.07, 6.45) is -0.00877. The molecule has 1 aromatic heterocycles. The zero-order valence-electron chi connectivity index (χ0n) is 16.8. The minimum absolute atomic E-state index is 0.00877. The number of ether oxygens (including phenoxy) is 2. The molecule has 0 saturated carbocycles. The number of carboxylic acids is 1.